The molecule has 1 aromatic heterocycles. The van der Waals surface area contributed by atoms with Crippen LogP contribution in [0.1, 0.15) is 54.4 Å². The lowest BCUT2D eigenvalue weighted by atomic mass is 9.95. The number of nitrogens with two attached hydrogens (primary N) is 1. The van der Waals surface area contributed by atoms with Gasteiger partial charge in [0.15, 0.2) is 0 Å². The summed E-state index contributed by atoms with van der Waals surface area (Å²) in [7, 11) is 0. The number of hydrogen-bond acceptors (Lipinski definition) is 9. The van der Waals surface area contributed by atoms with Crippen molar-refractivity contribution < 1.29 is 20.1 Å². The Morgan fingerprint density at radius 1 is 1.10 bits per heavy atom. The fourth-order valence-electron chi connectivity index (χ4n) is 4.14. The maximum atomic E-state index is 10.9. The van der Waals surface area contributed by atoms with Gasteiger partial charge in [0.1, 0.15) is 17.0 Å². The number of pyridine rings is 1. The molecule has 0 amide bonds. The average Bonchev–Trinajstić information content (AvgIpc) is 2.80. The number of allylic oxidation sites excluding steroid dienone is 1. The maximum Gasteiger partial charge on any atom is 0.306 e. The quantitative estimate of drug-likeness (QED) is 0.182. The zero-order valence-electron chi connectivity index (χ0n) is 23.2. The van der Waals surface area contributed by atoms with Crippen LogP contribution in [-0.4, -0.2) is 48.9 Å². The number of fused-ring (bicyclic) bond motifs is 1. The van der Waals surface area contributed by atoms with E-state index >= 15 is 0 Å². The van der Waals surface area contributed by atoms with E-state index in [1.165, 1.54) is 18.3 Å². The summed E-state index contributed by atoms with van der Waals surface area (Å²) in [5.74, 6) is 0.960. The second-order valence-corrected chi connectivity index (χ2v) is 10.9. The molecule has 0 saturated heterocycles. The molecule has 0 bridgehead atoms. The van der Waals surface area contributed by atoms with Crippen LogP contribution in [0.15, 0.2) is 54.4 Å². The lowest BCUT2D eigenvalue weighted by molar-refractivity contribution is -0.531. The van der Waals surface area contributed by atoms with Gasteiger partial charge in [0.05, 0.1) is 10.4 Å². The van der Waals surface area contributed by atoms with Gasteiger partial charge in [0, 0.05) is 28.5 Å². The molecule has 1 aliphatic rings. The number of halogens is 1. The van der Waals surface area contributed by atoms with E-state index in [0.29, 0.717) is 22.9 Å². The first kappa shape index (κ1) is 33.9. The normalized spacial score (nSPS) is 19.9. The SMILES string of the molecule is CC(C)CC(C)N.CC(C)CC(C)NC1(O)C=CC(O)=CC1[N+](=O)[O-].O=[N+]([O-])c1cnc2ccccc2c1Cl. The van der Waals surface area contributed by atoms with Crippen molar-refractivity contribution in [1.29, 1.82) is 0 Å². The highest BCUT2D eigenvalue weighted by Gasteiger charge is 2.45. The molecule has 1 aliphatic carbocycles. The van der Waals surface area contributed by atoms with Crippen molar-refractivity contribution in [3.63, 3.8) is 0 Å². The molecule has 2 aromatic rings. The molecule has 216 valence electrons. The van der Waals surface area contributed by atoms with Gasteiger partial charge in [0.25, 0.3) is 6.04 Å². The van der Waals surface area contributed by atoms with E-state index in [-0.39, 0.29) is 22.5 Å². The van der Waals surface area contributed by atoms with Crippen LogP contribution in [0.25, 0.3) is 10.9 Å². The van der Waals surface area contributed by atoms with Gasteiger partial charge in [-0.1, -0.05) is 57.5 Å². The maximum absolute atomic E-state index is 10.9. The minimum atomic E-state index is -1.76. The fraction of sp³-hybridized carbons (Fsp3) is 0.519. The topological polar surface area (TPSA) is 178 Å². The predicted molar refractivity (Wildman–Crippen MR) is 154 cm³/mol. The van der Waals surface area contributed by atoms with Gasteiger partial charge in [-0.05, 0) is 56.7 Å². The molecule has 5 N–H and O–H groups in total. The number of nitrogens with one attached hydrogen (secondary N) is 1. The smallest absolute Gasteiger partial charge is 0.306 e. The third-order valence-corrected chi connectivity index (χ3v) is 5.95. The number of rotatable bonds is 8. The summed E-state index contributed by atoms with van der Waals surface area (Å²) in [6.45, 7) is 12.3. The fourth-order valence-corrected chi connectivity index (χ4v) is 4.42. The molecule has 0 radical (unpaired) electrons. The summed E-state index contributed by atoms with van der Waals surface area (Å²) in [6, 6.07) is 5.94. The van der Waals surface area contributed by atoms with Gasteiger partial charge in [-0.25, -0.2) is 4.98 Å². The molecule has 1 aromatic carbocycles. The first-order chi connectivity index (χ1) is 18.1. The molecule has 11 nitrogen and oxygen atoms in total. The van der Waals surface area contributed by atoms with Crippen molar-refractivity contribution in [2.75, 3.05) is 0 Å². The van der Waals surface area contributed by atoms with E-state index in [0.717, 1.165) is 24.8 Å². The Morgan fingerprint density at radius 3 is 2.18 bits per heavy atom. The zero-order valence-corrected chi connectivity index (χ0v) is 24.0. The Kier molecular flexibility index (Phi) is 13.4. The van der Waals surface area contributed by atoms with Crippen LogP contribution in [0.4, 0.5) is 5.69 Å². The monoisotopic (exact) mass is 565 g/mol. The van der Waals surface area contributed by atoms with Crippen molar-refractivity contribution in [1.82, 2.24) is 10.3 Å². The number of nitro groups is 2. The van der Waals surface area contributed by atoms with Crippen LogP contribution in [0.2, 0.25) is 5.02 Å². The summed E-state index contributed by atoms with van der Waals surface area (Å²) >= 11 is 5.85. The van der Waals surface area contributed by atoms with Crippen LogP contribution in [0.5, 0.6) is 0 Å². The summed E-state index contributed by atoms with van der Waals surface area (Å²) in [5, 5.41) is 44.6. The highest BCUT2D eigenvalue weighted by Crippen LogP contribution is 2.30. The number of hydrogen-bond donors (Lipinski definition) is 4. The molecule has 12 heteroatoms. The van der Waals surface area contributed by atoms with E-state index in [9.17, 15) is 30.4 Å². The Bertz CT molecular complexity index is 1160. The highest BCUT2D eigenvalue weighted by molar-refractivity contribution is 6.37. The van der Waals surface area contributed by atoms with E-state index in [1.807, 2.05) is 27.7 Å². The van der Waals surface area contributed by atoms with Crippen LogP contribution in [-0.2, 0) is 0 Å². The van der Waals surface area contributed by atoms with Gasteiger partial charge in [-0.15, -0.1) is 0 Å². The minimum absolute atomic E-state index is 0.0734. The standard InChI is InChI=1S/C12H20N2O4.C9H5ClN2O2.C6H15N/c1-8(2)6-9(3)13-12(16)5-4-10(15)7-11(12)14(17)18;10-9-6-3-1-2-4-7(6)11-5-8(9)12(13)14;1-5(2)4-6(3)7/h4-5,7-9,11,13,15-16H,6H2,1-3H3;1-5H;5-6H,4,7H2,1-3H3. The molecule has 0 fully saturated rings. The van der Waals surface area contributed by atoms with Gasteiger partial charge in [0.2, 0.25) is 5.72 Å². The second-order valence-electron chi connectivity index (χ2n) is 10.5. The van der Waals surface area contributed by atoms with E-state index in [1.54, 1.807) is 24.3 Å². The first-order valence-corrected chi connectivity index (χ1v) is 13.1. The Hall–Kier alpha value is -3.12. The average molecular weight is 566 g/mol. The van der Waals surface area contributed by atoms with Crippen LogP contribution < -0.4 is 11.1 Å². The zero-order chi connectivity index (χ0) is 29.9. The third-order valence-electron chi connectivity index (χ3n) is 5.55. The molecule has 0 aliphatic heterocycles. The molecule has 1 heterocycles. The number of para-hydroxylation sites is 1. The van der Waals surface area contributed by atoms with Crippen molar-refractivity contribution in [3.8, 4) is 0 Å². The van der Waals surface area contributed by atoms with E-state index < -0.39 is 21.6 Å². The predicted octanol–water partition coefficient (Wildman–Crippen LogP) is 5.53. The number of aromatic nitrogens is 1. The van der Waals surface area contributed by atoms with Crippen LogP contribution in [0, 0.1) is 32.1 Å². The lowest BCUT2D eigenvalue weighted by Gasteiger charge is -2.32. The van der Waals surface area contributed by atoms with E-state index in [2.05, 4.69) is 24.1 Å². The highest BCUT2D eigenvalue weighted by atomic mass is 35.5. The molecule has 3 rings (SSSR count). The number of aliphatic hydroxyl groups is 2. The molecule has 4 atom stereocenters. The van der Waals surface area contributed by atoms with Crippen molar-refractivity contribution in [2.24, 2.45) is 17.6 Å². The first-order valence-electron chi connectivity index (χ1n) is 12.7. The number of nitrogens with zero attached hydrogens (tertiary/aromatic N) is 3. The largest absolute Gasteiger partial charge is 0.508 e. The second kappa shape index (κ2) is 15.5. The van der Waals surface area contributed by atoms with E-state index in [4.69, 9.17) is 17.3 Å². The molecular weight excluding hydrogens is 526 g/mol. The van der Waals surface area contributed by atoms with Gasteiger partial charge in [-0.3, -0.25) is 25.5 Å². The molecule has 39 heavy (non-hydrogen) atoms. The van der Waals surface area contributed by atoms with Gasteiger partial charge >= 0.3 is 5.69 Å². The van der Waals surface area contributed by atoms with Gasteiger partial charge in [-0.2, -0.15) is 0 Å². The molecule has 0 saturated carbocycles. The lowest BCUT2D eigenvalue weighted by Crippen LogP contribution is -2.59. The minimum Gasteiger partial charge on any atom is -0.508 e. The Balaban J connectivity index is 0.000000321. The summed E-state index contributed by atoms with van der Waals surface area (Å²) < 4.78 is 0. The third kappa shape index (κ3) is 11.3. The number of aliphatic hydroxyl groups excluding tert-OH is 1. The van der Waals surface area contributed by atoms with Crippen molar-refractivity contribution >= 4 is 28.2 Å². The van der Waals surface area contributed by atoms with Crippen molar-refractivity contribution in [3.05, 3.63) is 79.7 Å². The molecule has 4 unspecified atom stereocenters. The van der Waals surface area contributed by atoms with Crippen LogP contribution in [0.3, 0.4) is 0 Å². The Labute approximate surface area is 234 Å². The van der Waals surface area contributed by atoms with Gasteiger partial charge < -0.3 is 15.9 Å². The Morgan fingerprint density at radius 2 is 1.69 bits per heavy atom. The summed E-state index contributed by atoms with van der Waals surface area (Å²) in [6.07, 6.45) is 6.62. The summed E-state index contributed by atoms with van der Waals surface area (Å²) in [4.78, 5) is 24.3. The summed E-state index contributed by atoms with van der Waals surface area (Å²) in [5.41, 5.74) is 4.23. The van der Waals surface area contributed by atoms with Crippen LogP contribution >= 0.6 is 11.6 Å². The van der Waals surface area contributed by atoms with Crippen molar-refractivity contribution in [2.45, 2.75) is 78.2 Å². The molecular formula is C27H40ClN5O6. The molecule has 0 spiro atoms. The number of benzene rings is 1.